The largest absolute Gasteiger partial charge is 0.370 e. The summed E-state index contributed by atoms with van der Waals surface area (Å²) in [4.78, 5) is 13.3. The maximum Gasteiger partial charge on any atom is 0.217 e. The Morgan fingerprint density at radius 1 is 1.41 bits per heavy atom. The summed E-state index contributed by atoms with van der Waals surface area (Å²) in [5, 5.41) is 0. The van der Waals surface area contributed by atoms with E-state index >= 15 is 0 Å². The van der Waals surface area contributed by atoms with Crippen LogP contribution in [0.25, 0.3) is 0 Å². The van der Waals surface area contributed by atoms with Crippen molar-refractivity contribution >= 4 is 5.91 Å². The Bertz CT molecular complexity index is 265. The van der Waals surface area contributed by atoms with Crippen molar-refractivity contribution in [2.75, 3.05) is 19.6 Å². The normalized spacial score (nSPS) is 19.5. The Labute approximate surface area is 105 Å². The van der Waals surface area contributed by atoms with Crippen LogP contribution in [0.4, 0.5) is 0 Å². The number of likely N-dealkylation sites (tertiary alicyclic amines) is 1. The minimum Gasteiger partial charge on any atom is -0.370 e. The van der Waals surface area contributed by atoms with Crippen LogP contribution < -0.4 is 5.73 Å². The summed E-state index contributed by atoms with van der Waals surface area (Å²) in [6, 6.07) is 0. The molecule has 1 aliphatic heterocycles. The molecule has 3 nitrogen and oxygen atoms in total. The number of nitrogens with zero attached hydrogens (tertiary/aromatic N) is 1. The third kappa shape index (κ3) is 5.87. The van der Waals surface area contributed by atoms with E-state index < -0.39 is 0 Å². The SMILES string of the molecule is CC/C(C)=C/CCN1CCC(CC(N)=O)CC1. The highest BCUT2D eigenvalue weighted by Gasteiger charge is 2.19. The van der Waals surface area contributed by atoms with Gasteiger partial charge in [0.25, 0.3) is 0 Å². The van der Waals surface area contributed by atoms with Gasteiger partial charge in [0, 0.05) is 13.0 Å². The Balaban J connectivity index is 2.17. The molecule has 0 unspecified atom stereocenters. The van der Waals surface area contributed by atoms with E-state index in [9.17, 15) is 4.79 Å². The van der Waals surface area contributed by atoms with E-state index in [4.69, 9.17) is 5.73 Å². The van der Waals surface area contributed by atoms with Crippen molar-refractivity contribution in [3.63, 3.8) is 0 Å². The van der Waals surface area contributed by atoms with E-state index in [0.717, 1.165) is 45.3 Å². The lowest BCUT2D eigenvalue weighted by Crippen LogP contribution is -2.35. The summed E-state index contributed by atoms with van der Waals surface area (Å²) in [7, 11) is 0. The summed E-state index contributed by atoms with van der Waals surface area (Å²) in [6.07, 6.45) is 7.47. The predicted molar refractivity (Wildman–Crippen MR) is 71.6 cm³/mol. The molecule has 1 aliphatic rings. The zero-order valence-corrected chi connectivity index (χ0v) is 11.2. The van der Waals surface area contributed by atoms with Gasteiger partial charge in [0.2, 0.25) is 5.91 Å². The van der Waals surface area contributed by atoms with Gasteiger partial charge in [-0.15, -0.1) is 0 Å². The average molecular weight is 238 g/mol. The first-order valence-electron chi connectivity index (χ1n) is 6.78. The number of allylic oxidation sites excluding steroid dienone is 1. The molecule has 1 fully saturated rings. The lowest BCUT2D eigenvalue weighted by Gasteiger charge is -2.31. The number of piperidine rings is 1. The van der Waals surface area contributed by atoms with Crippen molar-refractivity contribution in [2.24, 2.45) is 11.7 Å². The molecule has 1 rings (SSSR count). The molecule has 1 saturated heterocycles. The fraction of sp³-hybridized carbons (Fsp3) is 0.786. The van der Waals surface area contributed by atoms with E-state index in [1.54, 1.807) is 0 Å². The molecule has 0 spiro atoms. The zero-order chi connectivity index (χ0) is 12.7. The second-order valence-electron chi connectivity index (χ2n) is 5.15. The second kappa shape index (κ2) is 7.49. The van der Waals surface area contributed by atoms with Gasteiger partial charge < -0.3 is 10.6 Å². The van der Waals surface area contributed by atoms with Gasteiger partial charge in [-0.25, -0.2) is 0 Å². The Hall–Kier alpha value is -0.830. The highest BCUT2D eigenvalue weighted by atomic mass is 16.1. The number of amides is 1. The number of hydrogen-bond donors (Lipinski definition) is 1. The molecule has 0 bridgehead atoms. The van der Waals surface area contributed by atoms with Gasteiger partial charge in [-0.2, -0.15) is 0 Å². The quantitative estimate of drug-likeness (QED) is 0.722. The minimum atomic E-state index is -0.148. The summed E-state index contributed by atoms with van der Waals surface area (Å²) in [5.74, 6) is 0.377. The molecule has 0 atom stereocenters. The zero-order valence-electron chi connectivity index (χ0n) is 11.2. The third-order valence-electron chi connectivity index (χ3n) is 3.69. The van der Waals surface area contributed by atoms with E-state index in [-0.39, 0.29) is 5.91 Å². The second-order valence-corrected chi connectivity index (χ2v) is 5.15. The van der Waals surface area contributed by atoms with E-state index in [0.29, 0.717) is 12.3 Å². The van der Waals surface area contributed by atoms with Crippen LogP contribution >= 0.6 is 0 Å². The molecule has 3 heteroatoms. The van der Waals surface area contributed by atoms with Crippen LogP contribution in [-0.2, 0) is 4.79 Å². The molecular formula is C14H26N2O. The van der Waals surface area contributed by atoms with Crippen molar-refractivity contribution in [1.29, 1.82) is 0 Å². The number of carbonyl (C=O) groups is 1. The fourth-order valence-corrected chi connectivity index (χ4v) is 2.34. The molecule has 0 aromatic heterocycles. The van der Waals surface area contributed by atoms with Crippen LogP contribution in [0.3, 0.4) is 0 Å². The molecule has 1 amide bonds. The number of hydrogen-bond acceptors (Lipinski definition) is 2. The van der Waals surface area contributed by atoms with Gasteiger partial charge in [-0.05, 0) is 51.6 Å². The van der Waals surface area contributed by atoms with Crippen LogP contribution in [0.15, 0.2) is 11.6 Å². The highest BCUT2D eigenvalue weighted by molar-refractivity contribution is 5.73. The molecular weight excluding hydrogens is 212 g/mol. The molecule has 0 saturated carbocycles. The fourth-order valence-electron chi connectivity index (χ4n) is 2.34. The van der Waals surface area contributed by atoms with Crippen molar-refractivity contribution in [2.45, 2.75) is 46.0 Å². The number of primary amides is 1. The van der Waals surface area contributed by atoms with Gasteiger partial charge in [-0.1, -0.05) is 18.6 Å². The van der Waals surface area contributed by atoms with Crippen LogP contribution in [0.2, 0.25) is 0 Å². The minimum absolute atomic E-state index is 0.148. The van der Waals surface area contributed by atoms with Gasteiger partial charge in [0.1, 0.15) is 0 Å². The van der Waals surface area contributed by atoms with E-state index in [2.05, 4.69) is 24.8 Å². The first-order valence-corrected chi connectivity index (χ1v) is 6.78. The van der Waals surface area contributed by atoms with Crippen molar-refractivity contribution in [3.05, 3.63) is 11.6 Å². The van der Waals surface area contributed by atoms with Gasteiger partial charge >= 0.3 is 0 Å². The summed E-state index contributed by atoms with van der Waals surface area (Å²) < 4.78 is 0. The lowest BCUT2D eigenvalue weighted by molar-refractivity contribution is -0.119. The summed E-state index contributed by atoms with van der Waals surface area (Å²) in [6.45, 7) is 7.79. The van der Waals surface area contributed by atoms with Crippen LogP contribution in [0.1, 0.15) is 46.0 Å². The molecule has 2 N–H and O–H groups in total. The standard InChI is InChI=1S/C14H26N2O/c1-3-12(2)5-4-8-16-9-6-13(7-10-16)11-14(15)17/h5,13H,3-4,6-11H2,1-2H3,(H2,15,17)/b12-5+. The lowest BCUT2D eigenvalue weighted by atomic mass is 9.93. The van der Waals surface area contributed by atoms with Crippen molar-refractivity contribution in [1.82, 2.24) is 4.90 Å². The number of carbonyl (C=O) groups excluding carboxylic acids is 1. The topological polar surface area (TPSA) is 46.3 Å². The number of nitrogens with two attached hydrogens (primary N) is 1. The van der Waals surface area contributed by atoms with Crippen molar-refractivity contribution < 1.29 is 4.79 Å². The maximum absolute atomic E-state index is 10.8. The maximum atomic E-state index is 10.8. The Morgan fingerprint density at radius 2 is 2.06 bits per heavy atom. The van der Waals surface area contributed by atoms with Crippen LogP contribution in [-0.4, -0.2) is 30.4 Å². The Morgan fingerprint density at radius 3 is 2.59 bits per heavy atom. The van der Waals surface area contributed by atoms with Crippen molar-refractivity contribution in [3.8, 4) is 0 Å². The monoisotopic (exact) mass is 238 g/mol. The third-order valence-corrected chi connectivity index (χ3v) is 3.69. The van der Waals surface area contributed by atoms with Gasteiger partial charge in [0.05, 0.1) is 0 Å². The highest BCUT2D eigenvalue weighted by Crippen LogP contribution is 2.20. The average Bonchev–Trinajstić information content (AvgIpc) is 2.30. The molecule has 1 heterocycles. The molecule has 0 aromatic rings. The molecule has 0 aromatic carbocycles. The predicted octanol–water partition coefficient (Wildman–Crippen LogP) is 2.32. The summed E-state index contributed by atoms with van der Waals surface area (Å²) >= 11 is 0. The molecule has 0 aliphatic carbocycles. The Kier molecular flexibility index (Phi) is 6.27. The number of rotatable bonds is 6. The molecule has 17 heavy (non-hydrogen) atoms. The van der Waals surface area contributed by atoms with E-state index in [1.807, 2.05) is 0 Å². The molecule has 0 radical (unpaired) electrons. The summed E-state index contributed by atoms with van der Waals surface area (Å²) in [5.41, 5.74) is 6.71. The van der Waals surface area contributed by atoms with Crippen LogP contribution in [0.5, 0.6) is 0 Å². The van der Waals surface area contributed by atoms with Crippen LogP contribution in [0, 0.1) is 5.92 Å². The van der Waals surface area contributed by atoms with Gasteiger partial charge in [0.15, 0.2) is 0 Å². The van der Waals surface area contributed by atoms with Gasteiger partial charge in [-0.3, -0.25) is 4.79 Å². The first kappa shape index (κ1) is 14.2. The van der Waals surface area contributed by atoms with E-state index in [1.165, 1.54) is 5.57 Å². The first-order chi connectivity index (χ1) is 8.11. The smallest absolute Gasteiger partial charge is 0.217 e. The molecule has 98 valence electrons.